The minimum Gasteiger partial charge on any atom is -0.309 e. The molecule has 0 aliphatic carbocycles. The van der Waals surface area contributed by atoms with Crippen LogP contribution in [0.1, 0.15) is 5.56 Å². The van der Waals surface area contributed by atoms with Crippen LogP contribution in [0.15, 0.2) is 225 Å². The summed E-state index contributed by atoms with van der Waals surface area (Å²) in [5.41, 5.74) is 14.6. The number of fused-ring (bicyclic) bond motifs is 18. The SMILES string of the molecule is Cc1cc(-c2ccc3c4ccccc4c4cccnc4c3n2)ccc1-c1ccc2c(c1)c1ccccc1c1cc3c4ccccc4n(-c4ccc5c(c4)c4ccccc4n5-c4ccccc4)c3cc21. The molecular weight excluding hydrogens is 837 g/mol. The smallest absolute Gasteiger partial charge is 0.0978 e. The molecule has 0 unspecified atom stereocenters. The van der Waals surface area contributed by atoms with Crippen molar-refractivity contribution in [2.75, 3.05) is 0 Å². The van der Waals surface area contributed by atoms with Gasteiger partial charge in [-0.05, 0) is 152 Å². The van der Waals surface area contributed by atoms with Gasteiger partial charge in [0, 0.05) is 55.5 Å². The first-order chi connectivity index (χ1) is 34.1. The van der Waals surface area contributed by atoms with Crippen LogP contribution in [0.25, 0.3) is 142 Å². The van der Waals surface area contributed by atoms with Gasteiger partial charge < -0.3 is 9.13 Å². The summed E-state index contributed by atoms with van der Waals surface area (Å²) in [7, 11) is 0. The lowest BCUT2D eigenvalue weighted by atomic mass is 9.90. The molecule has 0 bridgehead atoms. The molecule has 0 aliphatic rings. The van der Waals surface area contributed by atoms with Crippen LogP contribution >= 0.6 is 0 Å². The predicted octanol–water partition coefficient (Wildman–Crippen LogP) is 17.2. The number of aryl methyl sites for hydroxylation is 1. The van der Waals surface area contributed by atoms with Gasteiger partial charge in [-0.3, -0.25) is 4.98 Å². The van der Waals surface area contributed by atoms with Crippen molar-refractivity contribution >= 4 is 109 Å². The van der Waals surface area contributed by atoms with Crippen LogP contribution in [0.5, 0.6) is 0 Å². The molecular formula is C65H40N4. The number of para-hydroxylation sites is 3. The second-order valence-electron chi connectivity index (χ2n) is 18.5. The summed E-state index contributed by atoms with van der Waals surface area (Å²) in [6.45, 7) is 2.22. The molecule has 0 N–H and O–H groups in total. The number of aromatic nitrogens is 4. The fourth-order valence-corrected chi connectivity index (χ4v) is 11.7. The molecule has 4 heterocycles. The Bertz CT molecular complexity index is 4640. The normalized spacial score (nSPS) is 12.1. The molecule has 0 amide bonds. The van der Waals surface area contributed by atoms with Crippen molar-refractivity contribution in [2.24, 2.45) is 0 Å². The van der Waals surface area contributed by atoms with Gasteiger partial charge in [-0.2, -0.15) is 0 Å². The van der Waals surface area contributed by atoms with Crippen molar-refractivity contribution in [1.29, 1.82) is 0 Å². The van der Waals surface area contributed by atoms with Gasteiger partial charge in [-0.1, -0.05) is 133 Å². The molecule has 15 rings (SSSR count). The maximum atomic E-state index is 5.30. The Labute approximate surface area is 396 Å². The summed E-state index contributed by atoms with van der Waals surface area (Å²) in [4.78, 5) is 10.1. The molecule has 11 aromatic carbocycles. The second-order valence-corrected chi connectivity index (χ2v) is 18.5. The van der Waals surface area contributed by atoms with Crippen LogP contribution in [0, 0.1) is 6.92 Å². The average Bonchev–Trinajstić information content (AvgIpc) is 3.92. The molecule has 4 heteroatoms. The van der Waals surface area contributed by atoms with E-state index in [0.29, 0.717) is 0 Å². The van der Waals surface area contributed by atoms with Gasteiger partial charge in [0.05, 0.1) is 38.8 Å². The number of hydrogen-bond acceptors (Lipinski definition) is 2. The van der Waals surface area contributed by atoms with Crippen LogP contribution in [-0.2, 0) is 0 Å². The number of nitrogens with zero attached hydrogens (tertiary/aromatic N) is 4. The first-order valence-corrected chi connectivity index (χ1v) is 23.7. The molecule has 320 valence electrons. The minimum atomic E-state index is 0.933. The van der Waals surface area contributed by atoms with E-state index in [1.54, 1.807) is 0 Å². The third-order valence-corrected chi connectivity index (χ3v) is 14.8. The third kappa shape index (κ3) is 5.51. The lowest BCUT2D eigenvalue weighted by Crippen LogP contribution is -1.96. The zero-order valence-corrected chi connectivity index (χ0v) is 37.7. The van der Waals surface area contributed by atoms with E-state index in [4.69, 9.17) is 9.97 Å². The van der Waals surface area contributed by atoms with Crippen LogP contribution in [-0.4, -0.2) is 19.1 Å². The van der Waals surface area contributed by atoms with E-state index in [0.717, 1.165) is 44.4 Å². The van der Waals surface area contributed by atoms with Gasteiger partial charge in [-0.25, -0.2) is 4.98 Å². The summed E-state index contributed by atoms with van der Waals surface area (Å²) in [5.74, 6) is 0. The Kier molecular flexibility index (Phi) is 7.96. The van der Waals surface area contributed by atoms with Crippen molar-refractivity contribution in [3.05, 3.63) is 230 Å². The lowest BCUT2D eigenvalue weighted by Gasteiger charge is -2.15. The standard InChI is InChI=1S/C65H40N4/c1-39-34-41(59-31-30-53-46-17-6-5-16-45(46)52-22-13-33-66-64(52)65(53)67-59)26-28-44(39)40-25-29-49-54(35-40)47-18-7-8-19-48(47)55-37-58-51-21-10-12-24-61(51)69(63(58)38-56(49)55)43-27-32-62-57(36-43)50-20-9-11-23-60(50)68(62)42-14-3-2-4-15-42/h2-38H,1H3. The van der Waals surface area contributed by atoms with Gasteiger partial charge in [-0.15, -0.1) is 0 Å². The van der Waals surface area contributed by atoms with Crippen molar-refractivity contribution in [3.8, 4) is 33.8 Å². The summed E-state index contributed by atoms with van der Waals surface area (Å²) in [5, 5.41) is 17.2. The van der Waals surface area contributed by atoms with E-state index >= 15 is 0 Å². The van der Waals surface area contributed by atoms with Crippen LogP contribution in [0.3, 0.4) is 0 Å². The summed E-state index contributed by atoms with van der Waals surface area (Å²) < 4.78 is 4.86. The Morgan fingerprint density at radius 2 is 0.841 bits per heavy atom. The molecule has 69 heavy (non-hydrogen) atoms. The Morgan fingerprint density at radius 3 is 1.57 bits per heavy atom. The Balaban J connectivity index is 0.897. The first-order valence-electron chi connectivity index (χ1n) is 23.7. The van der Waals surface area contributed by atoms with Crippen molar-refractivity contribution in [3.63, 3.8) is 0 Å². The van der Waals surface area contributed by atoms with Gasteiger partial charge in [0.1, 0.15) is 0 Å². The number of hydrogen-bond donors (Lipinski definition) is 0. The molecule has 4 nitrogen and oxygen atoms in total. The van der Waals surface area contributed by atoms with Crippen molar-refractivity contribution < 1.29 is 0 Å². The molecule has 0 saturated carbocycles. The van der Waals surface area contributed by atoms with Gasteiger partial charge in [0.2, 0.25) is 0 Å². The average molecular weight is 877 g/mol. The molecule has 4 aromatic heterocycles. The summed E-state index contributed by atoms with van der Waals surface area (Å²) in [6, 6.07) is 80.1. The molecule has 0 spiro atoms. The van der Waals surface area contributed by atoms with Gasteiger partial charge in [0.15, 0.2) is 0 Å². The van der Waals surface area contributed by atoms with E-state index in [-0.39, 0.29) is 0 Å². The maximum Gasteiger partial charge on any atom is 0.0978 e. The van der Waals surface area contributed by atoms with E-state index < -0.39 is 0 Å². The quantitative estimate of drug-likeness (QED) is 0.165. The molecule has 0 aliphatic heterocycles. The van der Waals surface area contributed by atoms with Crippen LogP contribution < -0.4 is 0 Å². The Hall–Kier alpha value is -9.12. The van der Waals surface area contributed by atoms with Crippen LogP contribution in [0.2, 0.25) is 0 Å². The Morgan fingerprint density at radius 1 is 0.304 bits per heavy atom. The molecule has 0 fully saturated rings. The number of pyridine rings is 2. The molecule has 0 saturated heterocycles. The highest BCUT2D eigenvalue weighted by Crippen LogP contribution is 2.44. The second kappa shape index (κ2) is 14.4. The zero-order chi connectivity index (χ0) is 45.3. The van der Waals surface area contributed by atoms with Gasteiger partial charge in [0.25, 0.3) is 0 Å². The van der Waals surface area contributed by atoms with E-state index in [9.17, 15) is 0 Å². The highest BCUT2D eigenvalue weighted by atomic mass is 15.0. The third-order valence-electron chi connectivity index (χ3n) is 14.8. The van der Waals surface area contributed by atoms with Crippen LogP contribution in [0.4, 0.5) is 0 Å². The van der Waals surface area contributed by atoms with E-state index in [1.807, 2.05) is 12.3 Å². The summed E-state index contributed by atoms with van der Waals surface area (Å²) >= 11 is 0. The highest BCUT2D eigenvalue weighted by Gasteiger charge is 2.20. The molecule has 15 aromatic rings. The van der Waals surface area contributed by atoms with E-state index in [1.165, 1.54) is 103 Å². The van der Waals surface area contributed by atoms with Gasteiger partial charge >= 0.3 is 0 Å². The molecule has 0 atom stereocenters. The highest BCUT2D eigenvalue weighted by molar-refractivity contribution is 6.29. The van der Waals surface area contributed by atoms with Crippen molar-refractivity contribution in [1.82, 2.24) is 19.1 Å². The topological polar surface area (TPSA) is 35.6 Å². The monoisotopic (exact) mass is 876 g/mol. The molecule has 0 radical (unpaired) electrons. The predicted molar refractivity (Wildman–Crippen MR) is 291 cm³/mol. The van der Waals surface area contributed by atoms with Crippen molar-refractivity contribution in [2.45, 2.75) is 6.92 Å². The fraction of sp³-hybridized carbons (Fsp3) is 0.0154. The lowest BCUT2D eigenvalue weighted by molar-refractivity contribution is 1.17. The minimum absolute atomic E-state index is 0.933. The zero-order valence-electron chi connectivity index (χ0n) is 37.7. The van der Waals surface area contributed by atoms with E-state index in [2.05, 4.69) is 228 Å². The number of benzene rings is 11. The fourth-order valence-electron chi connectivity index (χ4n) is 11.7. The first kappa shape index (κ1) is 38.0. The number of rotatable bonds is 4. The maximum absolute atomic E-state index is 5.30. The summed E-state index contributed by atoms with van der Waals surface area (Å²) in [6.07, 6.45) is 1.87. The largest absolute Gasteiger partial charge is 0.309 e.